The van der Waals surface area contributed by atoms with E-state index in [0.717, 1.165) is 4.90 Å². The summed E-state index contributed by atoms with van der Waals surface area (Å²) >= 11 is 4.06. The molecule has 0 aliphatic carbocycles. The van der Waals surface area contributed by atoms with Gasteiger partial charge in [-0.1, -0.05) is 0 Å². The molecule has 0 radical (unpaired) electrons. The van der Waals surface area contributed by atoms with Gasteiger partial charge in [0.2, 0.25) is 0 Å². The molecule has 1 heterocycles. The standard InChI is InChI=1S/C7H7NOS/c1-5(9)7-4-6(10)2-3-8-7/h2-4H,1H3,(H,8,10). The van der Waals surface area contributed by atoms with Crippen molar-refractivity contribution in [3.05, 3.63) is 24.0 Å². The topological polar surface area (TPSA) is 30.0 Å². The van der Waals surface area contributed by atoms with Crippen LogP contribution in [-0.4, -0.2) is 10.8 Å². The van der Waals surface area contributed by atoms with Crippen LogP contribution in [0.3, 0.4) is 0 Å². The second-order valence-electron chi connectivity index (χ2n) is 1.96. The number of Topliss-reactive ketones (excluding diaryl/α,β-unsaturated/α-hetero) is 1. The number of hydrogen-bond donors (Lipinski definition) is 1. The summed E-state index contributed by atoms with van der Waals surface area (Å²) in [4.78, 5) is 15.3. The van der Waals surface area contributed by atoms with E-state index in [9.17, 15) is 4.79 Å². The van der Waals surface area contributed by atoms with Crippen molar-refractivity contribution in [3.63, 3.8) is 0 Å². The Kier molecular flexibility index (Phi) is 2.06. The number of pyridine rings is 1. The zero-order valence-electron chi connectivity index (χ0n) is 5.53. The smallest absolute Gasteiger partial charge is 0.178 e. The number of aromatic nitrogens is 1. The molecule has 0 amide bonds. The van der Waals surface area contributed by atoms with E-state index in [1.165, 1.54) is 6.92 Å². The summed E-state index contributed by atoms with van der Waals surface area (Å²) in [5, 5.41) is 0. The van der Waals surface area contributed by atoms with Crippen LogP contribution in [0.4, 0.5) is 0 Å². The molecule has 0 aromatic carbocycles. The number of nitrogens with zero attached hydrogens (tertiary/aromatic N) is 1. The number of rotatable bonds is 1. The molecule has 0 aliphatic rings. The minimum absolute atomic E-state index is 0.0316. The molecule has 0 aliphatic heterocycles. The fourth-order valence-electron chi connectivity index (χ4n) is 0.612. The first-order valence-corrected chi connectivity index (χ1v) is 3.31. The van der Waals surface area contributed by atoms with E-state index < -0.39 is 0 Å². The monoisotopic (exact) mass is 153 g/mol. The van der Waals surface area contributed by atoms with Gasteiger partial charge in [-0.15, -0.1) is 12.6 Å². The fourth-order valence-corrected chi connectivity index (χ4v) is 0.801. The molecule has 0 fully saturated rings. The molecule has 1 aromatic rings. The van der Waals surface area contributed by atoms with Crippen LogP contribution in [0.1, 0.15) is 17.4 Å². The van der Waals surface area contributed by atoms with Gasteiger partial charge in [0, 0.05) is 18.0 Å². The molecule has 0 atom stereocenters. The van der Waals surface area contributed by atoms with Gasteiger partial charge in [-0.05, 0) is 12.1 Å². The minimum atomic E-state index is -0.0316. The van der Waals surface area contributed by atoms with Crippen LogP contribution < -0.4 is 0 Å². The van der Waals surface area contributed by atoms with Crippen LogP contribution in [0.25, 0.3) is 0 Å². The zero-order chi connectivity index (χ0) is 7.56. The van der Waals surface area contributed by atoms with Crippen LogP contribution in [0.2, 0.25) is 0 Å². The number of thiol groups is 1. The normalized spacial score (nSPS) is 9.40. The van der Waals surface area contributed by atoms with E-state index in [1.807, 2.05) is 0 Å². The predicted molar refractivity (Wildman–Crippen MR) is 41.5 cm³/mol. The Hall–Kier alpha value is -0.830. The highest BCUT2D eigenvalue weighted by Gasteiger charge is 1.98. The first kappa shape index (κ1) is 7.28. The minimum Gasteiger partial charge on any atom is -0.293 e. The molecule has 0 spiro atoms. The van der Waals surface area contributed by atoms with Gasteiger partial charge in [-0.3, -0.25) is 9.78 Å². The molecular formula is C7H7NOS. The first-order chi connectivity index (χ1) is 4.70. The van der Waals surface area contributed by atoms with Gasteiger partial charge >= 0.3 is 0 Å². The van der Waals surface area contributed by atoms with E-state index in [2.05, 4.69) is 17.6 Å². The molecule has 10 heavy (non-hydrogen) atoms. The highest BCUT2D eigenvalue weighted by atomic mass is 32.1. The lowest BCUT2D eigenvalue weighted by molar-refractivity contribution is 0.101. The van der Waals surface area contributed by atoms with E-state index in [-0.39, 0.29) is 5.78 Å². The molecule has 1 aromatic heterocycles. The summed E-state index contributed by atoms with van der Waals surface area (Å²) in [5.41, 5.74) is 0.465. The van der Waals surface area contributed by atoms with Gasteiger partial charge < -0.3 is 0 Å². The predicted octanol–water partition coefficient (Wildman–Crippen LogP) is 1.57. The Morgan fingerprint density at radius 2 is 2.40 bits per heavy atom. The molecule has 0 bridgehead atoms. The third kappa shape index (κ3) is 1.57. The fraction of sp³-hybridized carbons (Fsp3) is 0.143. The average Bonchev–Trinajstić information content (AvgIpc) is 1.88. The molecule has 0 saturated heterocycles. The molecule has 0 unspecified atom stereocenters. The van der Waals surface area contributed by atoms with Crippen molar-refractivity contribution in [1.82, 2.24) is 4.98 Å². The average molecular weight is 153 g/mol. The van der Waals surface area contributed by atoms with Crippen LogP contribution in [0.5, 0.6) is 0 Å². The Balaban J connectivity index is 3.07. The second-order valence-corrected chi connectivity index (χ2v) is 2.47. The SMILES string of the molecule is CC(=O)c1cc(S)ccn1. The Bertz CT molecular complexity index is 260. The number of hydrogen-bond acceptors (Lipinski definition) is 3. The second kappa shape index (κ2) is 2.84. The van der Waals surface area contributed by atoms with E-state index in [4.69, 9.17) is 0 Å². The maximum absolute atomic E-state index is 10.7. The summed E-state index contributed by atoms with van der Waals surface area (Å²) in [5.74, 6) is -0.0316. The van der Waals surface area contributed by atoms with Gasteiger partial charge in [-0.2, -0.15) is 0 Å². The molecule has 3 heteroatoms. The Morgan fingerprint density at radius 1 is 1.70 bits per heavy atom. The zero-order valence-corrected chi connectivity index (χ0v) is 6.43. The number of carbonyl (C=O) groups is 1. The van der Waals surface area contributed by atoms with E-state index in [0.29, 0.717) is 5.69 Å². The summed E-state index contributed by atoms with van der Waals surface area (Å²) in [6, 6.07) is 3.38. The van der Waals surface area contributed by atoms with Crippen LogP contribution >= 0.6 is 12.6 Å². The van der Waals surface area contributed by atoms with Crippen molar-refractivity contribution >= 4 is 18.4 Å². The van der Waals surface area contributed by atoms with E-state index in [1.54, 1.807) is 18.3 Å². The third-order valence-electron chi connectivity index (χ3n) is 1.10. The quantitative estimate of drug-likeness (QED) is 0.490. The summed E-state index contributed by atoms with van der Waals surface area (Å²) in [7, 11) is 0. The maximum Gasteiger partial charge on any atom is 0.178 e. The lowest BCUT2D eigenvalue weighted by Gasteiger charge is -1.93. The molecule has 2 nitrogen and oxygen atoms in total. The van der Waals surface area contributed by atoms with Gasteiger partial charge in [0.15, 0.2) is 5.78 Å². The Labute approximate surface area is 64.7 Å². The molecule has 0 saturated carbocycles. The summed E-state index contributed by atoms with van der Waals surface area (Å²) < 4.78 is 0. The van der Waals surface area contributed by atoms with Crippen molar-refractivity contribution in [2.75, 3.05) is 0 Å². The lowest BCUT2D eigenvalue weighted by Crippen LogP contribution is -1.94. The third-order valence-corrected chi connectivity index (χ3v) is 1.38. The van der Waals surface area contributed by atoms with Gasteiger partial charge in [-0.25, -0.2) is 0 Å². The van der Waals surface area contributed by atoms with E-state index >= 15 is 0 Å². The summed E-state index contributed by atoms with van der Waals surface area (Å²) in [6.45, 7) is 1.48. The number of ketones is 1. The van der Waals surface area contributed by atoms with Crippen molar-refractivity contribution in [2.45, 2.75) is 11.8 Å². The van der Waals surface area contributed by atoms with Crippen molar-refractivity contribution in [1.29, 1.82) is 0 Å². The van der Waals surface area contributed by atoms with Crippen LogP contribution in [-0.2, 0) is 0 Å². The highest BCUT2D eigenvalue weighted by Crippen LogP contribution is 2.05. The largest absolute Gasteiger partial charge is 0.293 e. The van der Waals surface area contributed by atoms with Crippen molar-refractivity contribution in [3.8, 4) is 0 Å². The van der Waals surface area contributed by atoms with Crippen LogP contribution in [0, 0.1) is 0 Å². The summed E-state index contributed by atoms with van der Waals surface area (Å²) in [6.07, 6.45) is 1.57. The highest BCUT2D eigenvalue weighted by molar-refractivity contribution is 7.80. The molecule has 1 rings (SSSR count). The molecule has 52 valence electrons. The van der Waals surface area contributed by atoms with Gasteiger partial charge in [0.25, 0.3) is 0 Å². The Morgan fingerprint density at radius 3 is 2.80 bits per heavy atom. The molecule has 0 N–H and O–H groups in total. The van der Waals surface area contributed by atoms with Gasteiger partial charge in [0.05, 0.1) is 0 Å². The van der Waals surface area contributed by atoms with Gasteiger partial charge in [0.1, 0.15) is 5.69 Å². The maximum atomic E-state index is 10.7. The first-order valence-electron chi connectivity index (χ1n) is 2.86. The number of carbonyl (C=O) groups excluding carboxylic acids is 1. The van der Waals surface area contributed by atoms with Crippen molar-refractivity contribution < 1.29 is 4.79 Å². The van der Waals surface area contributed by atoms with Crippen LogP contribution in [0.15, 0.2) is 23.2 Å². The van der Waals surface area contributed by atoms with Crippen molar-refractivity contribution in [2.24, 2.45) is 0 Å². The molecular weight excluding hydrogens is 146 g/mol. The lowest BCUT2D eigenvalue weighted by atomic mass is 10.3.